The van der Waals surface area contributed by atoms with Gasteiger partial charge in [0.1, 0.15) is 0 Å². The summed E-state index contributed by atoms with van der Waals surface area (Å²) in [5, 5.41) is 3.01. The minimum Gasteiger partial charge on any atom is -0.369 e. The number of benzene rings is 1. The topological polar surface area (TPSA) is 72.2 Å². The summed E-state index contributed by atoms with van der Waals surface area (Å²) in [5.74, 6) is 0.111. The molecule has 1 aliphatic rings. The number of carbonyl (C=O) groups excluding carboxylic acids is 2. The van der Waals surface area contributed by atoms with Crippen molar-refractivity contribution in [3.8, 4) is 0 Å². The summed E-state index contributed by atoms with van der Waals surface area (Å²) in [7, 11) is 0. The van der Waals surface area contributed by atoms with Gasteiger partial charge < -0.3 is 11.1 Å². The van der Waals surface area contributed by atoms with Crippen LogP contribution in [0.3, 0.4) is 0 Å². The minimum atomic E-state index is -0.372. The lowest BCUT2D eigenvalue weighted by atomic mass is 10.1. The van der Waals surface area contributed by atoms with Gasteiger partial charge in [-0.2, -0.15) is 0 Å². The van der Waals surface area contributed by atoms with Gasteiger partial charge in [0.2, 0.25) is 11.8 Å². The zero-order chi connectivity index (χ0) is 17.2. The Labute approximate surface area is 141 Å². The van der Waals surface area contributed by atoms with Crippen molar-refractivity contribution in [2.24, 2.45) is 23.0 Å². The third-order valence-corrected chi connectivity index (χ3v) is 5.32. The molecule has 0 spiro atoms. The second-order valence-electron chi connectivity index (χ2n) is 6.81. The van der Waals surface area contributed by atoms with E-state index in [1.807, 2.05) is 24.3 Å². The molecule has 0 aromatic heterocycles. The van der Waals surface area contributed by atoms with Crippen molar-refractivity contribution in [2.45, 2.75) is 32.6 Å². The summed E-state index contributed by atoms with van der Waals surface area (Å²) in [5.41, 5.74) is 7.15. The number of thioether (sulfide) groups is 1. The fraction of sp³-hybridized carbons (Fsp3) is 0.444. The van der Waals surface area contributed by atoms with Gasteiger partial charge >= 0.3 is 0 Å². The fourth-order valence-electron chi connectivity index (χ4n) is 2.90. The van der Waals surface area contributed by atoms with E-state index in [-0.39, 0.29) is 34.8 Å². The molecule has 2 atom stereocenters. The number of hydrogen-bond donors (Lipinski definition) is 2. The molecule has 2 amide bonds. The Morgan fingerprint density at radius 3 is 2.57 bits per heavy atom. The van der Waals surface area contributed by atoms with Crippen molar-refractivity contribution < 1.29 is 9.59 Å². The largest absolute Gasteiger partial charge is 0.369 e. The van der Waals surface area contributed by atoms with Crippen molar-refractivity contribution >= 4 is 29.3 Å². The Morgan fingerprint density at radius 2 is 1.96 bits per heavy atom. The first-order chi connectivity index (χ1) is 10.7. The van der Waals surface area contributed by atoms with Crippen LogP contribution in [0.1, 0.15) is 27.7 Å². The molecular weight excluding hydrogens is 308 g/mol. The molecule has 0 saturated heterocycles. The Balaban J connectivity index is 2.10. The van der Waals surface area contributed by atoms with Crippen molar-refractivity contribution in [3.05, 3.63) is 35.9 Å². The van der Waals surface area contributed by atoms with Crippen LogP contribution in [0.4, 0.5) is 5.69 Å². The first-order valence-corrected chi connectivity index (χ1v) is 8.68. The molecule has 0 bridgehead atoms. The van der Waals surface area contributed by atoms with E-state index in [1.165, 1.54) is 17.3 Å². The SMILES string of the molecule is CC(C)=CC1C(C(=O)Nc2ccccc2SCC(N)=O)C1(C)C. The van der Waals surface area contributed by atoms with Crippen LogP contribution < -0.4 is 11.1 Å². The van der Waals surface area contributed by atoms with Gasteiger partial charge in [-0.05, 0) is 37.3 Å². The smallest absolute Gasteiger partial charge is 0.228 e. The highest BCUT2D eigenvalue weighted by molar-refractivity contribution is 8.00. The molecule has 23 heavy (non-hydrogen) atoms. The van der Waals surface area contributed by atoms with Crippen LogP contribution in [0.2, 0.25) is 0 Å². The van der Waals surface area contributed by atoms with E-state index in [0.29, 0.717) is 0 Å². The minimum absolute atomic E-state index is 0.0172. The van der Waals surface area contributed by atoms with Gasteiger partial charge in [-0.1, -0.05) is 37.6 Å². The third-order valence-electron chi connectivity index (χ3n) is 4.22. The molecule has 1 aliphatic carbocycles. The van der Waals surface area contributed by atoms with Gasteiger partial charge in [-0.3, -0.25) is 9.59 Å². The molecule has 124 valence electrons. The summed E-state index contributed by atoms with van der Waals surface area (Å²) in [4.78, 5) is 24.5. The van der Waals surface area contributed by atoms with E-state index in [2.05, 4.69) is 39.1 Å². The molecule has 5 heteroatoms. The van der Waals surface area contributed by atoms with Gasteiger partial charge in [-0.25, -0.2) is 0 Å². The van der Waals surface area contributed by atoms with Gasteiger partial charge in [0.25, 0.3) is 0 Å². The summed E-state index contributed by atoms with van der Waals surface area (Å²) in [6.07, 6.45) is 2.18. The molecule has 2 unspecified atom stereocenters. The number of nitrogens with one attached hydrogen (secondary N) is 1. The summed E-state index contributed by atoms with van der Waals surface area (Å²) in [6.45, 7) is 8.35. The zero-order valence-electron chi connectivity index (χ0n) is 14.1. The highest BCUT2D eigenvalue weighted by Gasteiger charge is 2.60. The van der Waals surface area contributed by atoms with E-state index in [4.69, 9.17) is 5.73 Å². The predicted octanol–water partition coefficient (Wildman–Crippen LogP) is 3.44. The summed E-state index contributed by atoms with van der Waals surface area (Å²) in [6, 6.07) is 7.49. The second kappa shape index (κ2) is 6.79. The lowest BCUT2D eigenvalue weighted by Gasteiger charge is -2.10. The summed E-state index contributed by atoms with van der Waals surface area (Å²) < 4.78 is 0. The van der Waals surface area contributed by atoms with Gasteiger partial charge in [-0.15, -0.1) is 11.8 Å². The molecular formula is C18H24N2O2S. The molecule has 1 fully saturated rings. The molecule has 0 aliphatic heterocycles. The number of rotatable bonds is 6. The van der Waals surface area contributed by atoms with Gasteiger partial charge in [0.05, 0.1) is 17.4 Å². The van der Waals surface area contributed by atoms with E-state index < -0.39 is 0 Å². The maximum atomic E-state index is 12.6. The number of amides is 2. The second-order valence-corrected chi connectivity index (χ2v) is 7.83. The number of para-hydroxylation sites is 1. The third kappa shape index (κ3) is 4.16. The molecule has 1 aromatic rings. The van der Waals surface area contributed by atoms with Crippen LogP contribution in [0.25, 0.3) is 0 Å². The molecule has 3 N–H and O–H groups in total. The van der Waals surface area contributed by atoms with Crippen LogP contribution in [0.15, 0.2) is 40.8 Å². The van der Waals surface area contributed by atoms with Crippen LogP contribution in [0.5, 0.6) is 0 Å². The molecule has 1 aromatic carbocycles. The van der Waals surface area contributed by atoms with E-state index >= 15 is 0 Å². The summed E-state index contributed by atoms with van der Waals surface area (Å²) >= 11 is 1.34. The zero-order valence-corrected chi connectivity index (χ0v) is 14.9. The van der Waals surface area contributed by atoms with Gasteiger partial charge in [0.15, 0.2) is 0 Å². The number of nitrogens with two attached hydrogens (primary N) is 1. The molecule has 4 nitrogen and oxygen atoms in total. The van der Waals surface area contributed by atoms with Crippen molar-refractivity contribution in [2.75, 3.05) is 11.1 Å². The van der Waals surface area contributed by atoms with E-state index in [0.717, 1.165) is 10.6 Å². The highest BCUT2D eigenvalue weighted by Crippen LogP contribution is 2.59. The predicted molar refractivity (Wildman–Crippen MR) is 95.2 cm³/mol. The maximum absolute atomic E-state index is 12.6. The average Bonchev–Trinajstić information content (AvgIpc) is 2.98. The van der Waals surface area contributed by atoms with E-state index in [9.17, 15) is 9.59 Å². The number of primary amides is 1. The maximum Gasteiger partial charge on any atom is 0.228 e. The molecule has 2 rings (SSSR count). The normalized spacial score (nSPS) is 21.4. The Morgan fingerprint density at radius 1 is 1.30 bits per heavy atom. The van der Waals surface area contributed by atoms with Crippen LogP contribution in [-0.2, 0) is 9.59 Å². The molecule has 1 saturated carbocycles. The quantitative estimate of drug-likeness (QED) is 0.619. The average molecular weight is 332 g/mol. The van der Waals surface area contributed by atoms with Crippen LogP contribution in [0, 0.1) is 17.3 Å². The standard InChI is InChI=1S/C18H24N2O2S/c1-11(2)9-12-16(18(12,3)4)17(22)20-13-7-5-6-8-14(13)23-10-15(19)21/h5-9,12,16H,10H2,1-4H3,(H2,19,21)(H,20,22). The monoisotopic (exact) mass is 332 g/mol. The van der Waals surface area contributed by atoms with Crippen molar-refractivity contribution in [1.82, 2.24) is 0 Å². The Bertz CT molecular complexity index is 648. The van der Waals surface area contributed by atoms with Crippen molar-refractivity contribution in [3.63, 3.8) is 0 Å². The first kappa shape index (κ1) is 17.6. The number of allylic oxidation sites excluding steroid dienone is 2. The lowest BCUT2D eigenvalue weighted by Crippen LogP contribution is -2.18. The molecule has 0 heterocycles. The Kier molecular flexibility index (Phi) is 5.19. The number of hydrogen-bond acceptors (Lipinski definition) is 3. The van der Waals surface area contributed by atoms with Crippen molar-refractivity contribution in [1.29, 1.82) is 0 Å². The highest BCUT2D eigenvalue weighted by atomic mass is 32.2. The first-order valence-electron chi connectivity index (χ1n) is 7.69. The van der Waals surface area contributed by atoms with Crippen LogP contribution in [-0.4, -0.2) is 17.6 Å². The molecule has 0 radical (unpaired) electrons. The lowest BCUT2D eigenvalue weighted by molar-refractivity contribution is -0.118. The fourth-order valence-corrected chi connectivity index (χ4v) is 3.65. The van der Waals surface area contributed by atoms with Gasteiger partial charge in [0, 0.05) is 4.90 Å². The Hall–Kier alpha value is -1.75. The van der Waals surface area contributed by atoms with E-state index in [1.54, 1.807) is 0 Å². The number of carbonyl (C=O) groups is 2. The number of anilines is 1. The van der Waals surface area contributed by atoms with Crippen LogP contribution >= 0.6 is 11.8 Å².